The molecule has 0 spiro atoms. The summed E-state index contributed by atoms with van der Waals surface area (Å²) in [5, 5.41) is 16.6. The molecule has 42 heavy (non-hydrogen) atoms. The van der Waals surface area contributed by atoms with Crippen molar-refractivity contribution in [2.24, 2.45) is 39.7 Å². The summed E-state index contributed by atoms with van der Waals surface area (Å²) in [6, 6.07) is 5.62. The highest BCUT2D eigenvalue weighted by molar-refractivity contribution is 5.96. The number of carbonyl (C=O) groups is 3. The Kier molecular flexibility index (Phi) is 8.81. The molecule has 4 aliphatic rings. The van der Waals surface area contributed by atoms with E-state index >= 15 is 0 Å². The van der Waals surface area contributed by atoms with Gasteiger partial charge in [0.15, 0.2) is 6.61 Å². The van der Waals surface area contributed by atoms with Gasteiger partial charge in [0.05, 0.1) is 12.3 Å². The number of phenolic OH excluding ortho intramolecular Hbond substituents is 1. The van der Waals surface area contributed by atoms with Crippen molar-refractivity contribution in [3.8, 4) is 5.75 Å². The van der Waals surface area contributed by atoms with Crippen LogP contribution in [0.4, 0.5) is 0 Å². The predicted octanol–water partition coefficient (Wildman–Crippen LogP) is 5.52. The van der Waals surface area contributed by atoms with Crippen LogP contribution in [0.3, 0.4) is 0 Å². The van der Waals surface area contributed by atoms with Gasteiger partial charge in [0, 0.05) is 12.3 Å². The van der Waals surface area contributed by atoms with Crippen molar-refractivity contribution in [3.05, 3.63) is 41.5 Å². The first-order valence-electron chi connectivity index (χ1n) is 15.7. The maximum Gasteiger partial charge on any atom is 0.328 e. The van der Waals surface area contributed by atoms with Crippen LogP contribution in [0.5, 0.6) is 5.75 Å². The zero-order chi connectivity index (χ0) is 30.1. The smallest absolute Gasteiger partial charge is 0.328 e. The SMILES string of the molecule is CCOC(=O)C(Cc1ccc(O)cc1)NC(=O)CO/N=C1/C=C2CCC3C4CCC(C(C)=O)[C@@]4(C)CCC3[C@@]2(C)CC1. The Morgan fingerprint density at radius 3 is 2.52 bits per heavy atom. The van der Waals surface area contributed by atoms with E-state index in [-0.39, 0.29) is 42.1 Å². The van der Waals surface area contributed by atoms with Gasteiger partial charge in [-0.1, -0.05) is 36.7 Å². The molecule has 0 radical (unpaired) electrons. The molecule has 1 amide bonds. The highest BCUT2D eigenvalue weighted by atomic mass is 16.6. The summed E-state index contributed by atoms with van der Waals surface area (Å²) in [4.78, 5) is 43.1. The fraction of sp³-hybridized carbons (Fsp3) is 0.647. The van der Waals surface area contributed by atoms with Crippen LogP contribution < -0.4 is 5.32 Å². The van der Waals surface area contributed by atoms with Crippen molar-refractivity contribution in [3.63, 3.8) is 0 Å². The lowest BCUT2D eigenvalue weighted by molar-refractivity contribution is -0.147. The third kappa shape index (κ3) is 5.86. The number of aromatic hydroxyl groups is 1. The molecule has 5 unspecified atom stereocenters. The van der Waals surface area contributed by atoms with Crippen LogP contribution in [-0.4, -0.2) is 47.7 Å². The molecule has 0 aromatic heterocycles. The van der Waals surface area contributed by atoms with E-state index in [1.807, 2.05) is 0 Å². The van der Waals surface area contributed by atoms with E-state index in [9.17, 15) is 19.5 Å². The van der Waals surface area contributed by atoms with E-state index in [1.165, 1.54) is 24.8 Å². The monoisotopic (exact) mass is 578 g/mol. The van der Waals surface area contributed by atoms with Gasteiger partial charge in [-0.3, -0.25) is 9.59 Å². The average Bonchev–Trinajstić information content (AvgIpc) is 3.31. The number of allylic oxidation sites excluding steroid dienone is 2. The zero-order valence-corrected chi connectivity index (χ0v) is 25.5. The summed E-state index contributed by atoms with van der Waals surface area (Å²) in [5.41, 5.74) is 3.40. The Balaban J connectivity index is 1.19. The maximum absolute atomic E-state index is 12.7. The second kappa shape index (κ2) is 12.2. The molecule has 8 nitrogen and oxygen atoms in total. The van der Waals surface area contributed by atoms with E-state index in [4.69, 9.17) is 9.57 Å². The molecule has 3 fully saturated rings. The number of carbonyl (C=O) groups excluding carboxylic acids is 3. The molecule has 7 atom stereocenters. The number of hydrogen-bond acceptors (Lipinski definition) is 7. The Morgan fingerprint density at radius 2 is 1.81 bits per heavy atom. The van der Waals surface area contributed by atoms with Gasteiger partial charge >= 0.3 is 5.97 Å². The number of nitrogens with one attached hydrogen (secondary N) is 1. The molecule has 0 heterocycles. The van der Waals surface area contributed by atoms with E-state index < -0.39 is 17.9 Å². The largest absolute Gasteiger partial charge is 0.508 e. The first kappa shape index (κ1) is 30.3. The van der Waals surface area contributed by atoms with E-state index in [0.717, 1.165) is 43.4 Å². The number of phenols is 1. The van der Waals surface area contributed by atoms with Gasteiger partial charge in [0.2, 0.25) is 0 Å². The highest BCUT2D eigenvalue weighted by Crippen LogP contribution is 2.66. The van der Waals surface area contributed by atoms with Gasteiger partial charge in [-0.2, -0.15) is 0 Å². The van der Waals surface area contributed by atoms with Gasteiger partial charge in [0.25, 0.3) is 5.91 Å². The molecule has 5 rings (SSSR count). The fourth-order valence-corrected chi connectivity index (χ4v) is 9.02. The van der Waals surface area contributed by atoms with Crippen molar-refractivity contribution in [2.45, 2.75) is 91.5 Å². The summed E-state index contributed by atoms with van der Waals surface area (Å²) in [6.45, 7) is 8.25. The van der Waals surface area contributed by atoms with Gasteiger partial charge in [-0.15, -0.1) is 0 Å². The van der Waals surface area contributed by atoms with Crippen LogP contribution in [0.2, 0.25) is 0 Å². The maximum atomic E-state index is 12.7. The molecule has 0 saturated heterocycles. The van der Waals surface area contributed by atoms with E-state index in [2.05, 4.69) is 30.4 Å². The third-order valence-corrected chi connectivity index (χ3v) is 11.1. The molecule has 8 heteroatoms. The fourth-order valence-electron chi connectivity index (χ4n) is 9.02. The van der Waals surface area contributed by atoms with Crippen molar-refractivity contribution < 1.29 is 29.1 Å². The summed E-state index contributed by atoms with van der Waals surface area (Å²) < 4.78 is 5.15. The quantitative estimate of drug-likeness (QED) is 0.295. The highest BCUT2D eigenvalue weighted by Gasteiger charge is 2.59. The normalized spacial score (nSPS) is 33.4. The van der Waals surface area contributed by atoms with Gasteiger partial charge < -0.3 is 20.0 Å². The number of Topliss-reactive ketones (excluding diaryl/α,β-unsaturated/α-hetero) is 1. The summed E-state index contributed by atoms with van der Waals surface area (Å²) >= 11 is 0. The Hall–Kier alpha value is -3.16. The molecular weight excluding hydrogens is 532 g/mol. The van der Waals surface area contributed by atoms with Crippen molar-refractivity contribution in [1.82, 2.24) is 5.32 Å². The molecule has 3 saturated carbocycles. The van der Waals surface area contributed by atoms with Gasteiger partial charge in [0.1, 0.15) is 17.6 Å². The van der Waals surface area contributed by atoms with Gasteiger partial charge in [-0.05, 0) is 118 Å². The van der Waals surface area contributed by atoms with Crippen molar-refractivity contribution in [2.75, 3.05) is 13.2 Å². The first-order valence-corrected chi connectivity index (χ1v) is 15.7. The minimum Gasteiger partial charge on any atom is -0.508 e. The standard InChI is InChI=1S/C34H46N2O6/c1-5-41-32(40)30(18-22-6-9-25(38)10-7-22)35-31(39)20-42-36-24-14-16-33(3)23(19-24)8-11-26-28-13-12-27(21(2)37)34(28,4)17-15-29(26)33/h6-7,9-10,19,26-30,38H,5,8,11-18,20H2,1-4H3,(H,35,39)/b36-24+/t26?,27?,28?,29?,30?,33-,34+/m0/s1. The third-order valence-electron chi connectivity index (χ3n) is 11.1. The topological polar surface area (TPSA) is 114 Å². The number of benzene rings is 1. The number of ketones is 1. The number of hydrogen-bond donors (Lipinski definition) is 2. The van der Waals surface area contributed by atoms with Crippen LogP contribution >= 0.6 is 0 Å². The number of nitrogens with zero attached hydrogens (tertiary/aromatic N) is 1. The van der Waals surface area contributed by atoms with Crippen LogP contribution in [0.15, 0.2) is 41.1 Å². The van der Waals surface area contributed by atoms with E-state index in [0.29, 0.717) is 23.5 Å². The average molecular weight is 579 g/mol. The zero-order valence-electron chi connectivity index (χ0n) is 25.5. The van der Waals surface area contributed by atoms with Crippen molar-refractivity contribution >= 4 is 23.4 Å². The van der Waals surface area contributed by atoms with Crippen molar-refractivity contribution in [1.29, 1.82) is 0 Å². The molecule has 1 aromatic rings. The van der Waals surface area contributed by atoms with Crippen LogP contribution in [-0.2, 0) is 30.4 Å². The van der Waals surface area contributed by atoms with Crippen LogP contribution in [0, 0.1) is 34.5 Å². The molecule has 228 valence electrons. The summed E-state index contributed by atoms with van der Waals surface area (Å²) in [6.07, 6.45) is 11.0. The number of ether oxygens (including phenoxy) is 1. The number of amides is 1. The lowest BCUT2D eigenvalue weighted by atomic mass is 9.46. The van der Waals surface area contributed by atoms with Gasteiger partial charge in [-0.25, -0.2) is 4.79 Å². The second-order valence-corrected chi connectivity index (χ2v) is 13.4. The van der Waals surface area contributed by atoms with E-state index in [1.54, 1.807) is 38.1 Å². The van der Waals surface area contributed by atoms with Crippen LogP contribution in [0.25, 0.3) is 0 Å². The molecule has 1 aromatic carbocycles. The van der Waals surface area contributed by atoms with Crippen LogP contribution in [0.1, 0.15) is 84.6 Å². The second-order valence-electron chi connectivity index (χ2n) is 13.4. The molecule has 4 aliphatic carbocycles. The molecule has 2 N–H and O–H groups in total. The first-order chi connectivity index (χ1) is 20.0. The molecule has 0 bridgehead atoms. The lowest BCUT2D eigenvalue weighted by Gasteiger charge is -2.58. The number of fused-ring (bicyclic) bond motifs is 5. The number of esters is 1. The molecular formula is C34H46N2O6. The molecule has 0 aliphatic heterocycles. The Labute approximate surface area is 249 Å². The predicted molar refractivity (Wildman–Crippen MR) is 160 cm³/mol. The minimum atomic E-state index is -0.867. The lowest BCUT2D eigenvalue weighted by Crippen LogP contribution is -2.51. The minimum absolute atomic E-state index is 0.132. The Morgan fingerprint density at radius 1 is 1.05 bits per heavy atom. The number of rotatable bonds is 9. The number of oxime groups is 1. The summed E-state index contributed by atoms with van der Waals surface area (Å²) in [5.74, 6) is 1.74. The summed E-state index contributed by atoms with van der Waals surface area (Å²) in [7, 11) is 0. The Bertz CT molecular complexity index is 1250.